The molecule has 0 N–H and O–H groups in total. The van der Waals surface area contributed by atoms with Gasteiger partial charge in [-0.25, -0.2) is 0 Å². The molecule has 0 aliphatic heterocycles. The van der Waals surface area contributed by atoms with Crippen molar-refractivity contribution in [1.29, 1.82) is 0 Å². The minimum atomic E-state index is 0. The van der Waals surface area contributed by atoms with Crippen LogP contribution < -0.4 is 18.9 Å². The zero-order chi connectivity index (χ0) is 8.55. The van der Waals surface area contributed by atoms with E-state index in [4.69, 9.17) is 0 Å². The van der Waals surface area contributed by atoms with Gasteiger partial charge in [0, 0.05) is 0 Å². The van der Waals surface area contributed by atoms with Crippen LogP contribution in [0.25, 0.3) is 6.08 Å². The van der Waals surface area contributed by atoms with Crippen LogP contribution >= 0.6 is 0 Å². The molecule has 0 aromatic heterocycles. The molecule has 1 heteroatoms. The van der Waals surface area contributed by atoms with E-state index in [1.54, 1.807) is 0 Å². The quantitative estimate of drug-likeness (QED) is 0.385. The van der Waals surface area contributed by atoms with Crippen molar-refractivity contribution >= 4 is 6.08 Å². The third-order valence-electron chi connectivity index (χ3n) is 2.38. The van der Waals surface area contributed by atoms with Gasteiger partial charge in [-0.15, -0.1) is 23.8 Å². The van der Waals surface area contributed by atoms with Crippen LogP contribution in [-0.4, -0.2) is 0 Å². The van der Waals surface area contributed by atoms with Gasteiger partial charge in [-0.05, 0) is 5.92 Å². The Morgan fingerprint density at radius 3 is 2.85 bits per heavy atom. The summed E-state index contributed by atoms with van der Waals surface area (Å²) in [6, 6.07) is 4.52. The number of rotatable bonds is 0. The molecule has 0 fully saturated rings. The molecule has 0 spiro atoms. The van der Waals surface area contributed by atoms with Crippen LogP contribution in [0.3, 0.4) is 0 Å². The van der Waals surface area contributed by atoms with E-state index in [0.29, 0.717) is 5.92 Å². The fourth-order valence-corrected chi connectivity index (χ4v) is 1.73. The van der Waals surface area contributed by atoms with E-state index in [1.807, 2.05) is 0 Å². The van der Waals surface area contributed by atoms with Gasteiger partial charge in [0.2, 0.25) is 0 Å². The van der Waals surface area contributed by atoms with Crippen LogP contribution in [0.15, 0.2) is 30.4 Å². The van der Waals surface area contributed by atoms with Crippen molar-refractivity contribution in [3.8, 4) is 0 Å². The molecule has 0 bridgehead atoms. The summed E-state index contributed by atoms with van der Waals surface area (Å²) in [7, 11) is 0. The van der Waals surface area contributed by atoms with Crippen molar-refractivity contribution in [2.24, 2.45) is 0 Å². The van der Waals surface area contributed by atoms with E-state index in [0.717, 1.165) is 0 Å². The van der Waals surface area contributed by atoms with Crippen LogP contribution in [0.5, 0.6) is 0 Å². The number of hydrogen-bond donors (Lipinski definition) is 0. The Bertz CT molecular complexity index is 342. The Morgan fingerprint density at radius 2 is 2.08 bits per heavy atom. The van der Waals surface area contributed by atoms with Gasteiger partial charge in [-0.3, -0.25) is 0 Å². The molecule has 0 heterocycles. The molecule has 1 aromatic rings. The average molecular weight is 164 g/mol. The normalized spacial score (nSPS) is 19.1. The van der Waals surface area contributed by atoms with Crippen molar-refractivity contribution in [2.75, 3.05) is 0 Å². The third kappa shape index (κ3) is 2.02. The first-order valence-corrected chi connectivity index (χ1v) is 4.39. The molecule has 1 atom stereocenters. The molecule has 0 saturated heterocycles. The summed E-state index contributed by atoms with van der Waals surface area (Å²) in [4.78, 5) is 0. The number of allylic oxidation sites excluding steroid dienone is 3. The predicted octanol–water partition coefficient (Wildman–Crippen LogP) is 0.404. The molecule has 1 aliphatic carbocycles. The Morgan fingerprint density at radius 1 is 1.31 bits per heavy atom. The molecule has 0 radical (unpaired) electrons. The van der Waals surface area contributed by atoms with Crippen LogP contribution in [0, 0.1) is 6.92 Å². The van der Waals surface area contributed by atoms with Crippen LogP contribution in [0.4, 0.5) is 0 Å². The van der Waals surface area contributed by atoms with Crippen LogP contribution in [0.2, 0.25) is 0 Å². The molecule has 62 valence electrons. The average Bonchev–Trinajstić information content (AvgIpc) is 2.33. The number of fused-ring (bicyclic) bond motifs is 1. The first kappa shape index (κ1) is 10.5. The minimum Gasteiger partial charge on any atom is -0.169 e. The first-order valence-electron chi connectivity index (χ1n) is 4.39. The molecular formula is C12H13Li. The van der Waals surface area contributed by atoms with Crippen molar-refractivity contribution in [2.45, 2.75) is 19.8 Å². The largest absolute Gasteiger partial charge is 1.00 e. The molecular weight excluding hydrogens is 151 g/mol. The summed E-state index contributed by atoms with van der Waals surface area (Å²) >= 11 is 0. The smallest absolute Gasteiger partial charge is 0.169 e. The van der Waals surface area contributed by atoms with E-state index in [9.17, 15) is 0 Å². The molecule has 0 saturated carbocycles. The van der Waals surface area contributed by atoms with Gasteiger partial charge in [-0.1, -0.05) is 26.0 Å². The maximum Gasteiger partial charge on any atom is 1.00 e. The SMILES string of the molecule is Cc1cc2c([cH-]1)C=CC=CC2C.[Li+]. The van der Waals surface area contributed by atoms with Gasteiger partial charge in [0.25, 0.3) is 0 Å². The van der Waals surface area contributed by atoms with E-state index in [1.165, 1.54) is 16.7 Å². The maximum absolute atomic E-state index is 2.28. The number of aryl methyl sites for hydroxylation is 1. The number of hydrogen-bond acceptors (Lipinski definition) is 0. The van der Waals surface area contributed by atoms with Crippen molar-refractivity contribution < 1.29 is 18.9 Å². The monoisotopic (exact) mass is 164 g/mol. The van der Waals surface area contributed by atoms with Gasteiger partial charge in [0.05, 0.1) is 0 Å². The Kier molecular flexibility index (Phi) is 3.31. The standard InChI is InChI=1S/C12H13.Li/c1-9-7-11-6-4-3-5-10(2)12(11)8-9;/h3-8,10H,1-2H3;/q-1;+1. The molecule has 13 heavy (non-hydrogen) atoms. The van der Waals surface area contributed by atoms with E-state index >= 15 is 0 Å². The van der Waals surface area contributed by atoms with E-state index < -0.39 is 0 Å². The van der Waals surface area contributed by atoms with Crippen LogP contribution in [0.1, 0.15) is 29.5 Å². The van der Waals surface area contributed by atoms with Gasteiger partial charge in [-0.2, -0.15) is 17.2 Å². The van der Waals surface area contributed by atoms with Crippen molar-refractivity contribution in [3.63, 3.8) is 0 Å². The summed E-state index contributed by atoms with van der Waals surface area (Å²) in [6.45, 7) is 4.39. The fraction of sp³-hybridized carbons (Fsp3) is 0.250. The Hall–Kier alpha value is -0.573. The molecule has 1 aliphatic rings. The summed E-state index contributed by atoms with van der Waals surface area (Å²) in [5.74, 6) is 0.559. The minimum absolute atomic E-state index is 0. The molecule has 0 amide bonds. The second-order valence-electron chi connectivity index (χ2n) is 3.48. The summed E-state index contributed by atoms with van der Waals surface area (Å²) < 4.78 is 0. The second kappa shape index (κ2) is 4.09. The second-order valence-corrected chi connectivity index (χ2v) is 3.48. The van der Waals surface area contributed by atoms with Crippen molar-refractivity contribution in [1.82, 2.24) is 0 Å². The van der Waals surface area contributed by atoms with Gasteiger partial charge >= 0.3 is 18.9 Å². The topological polar surface area (TPSA) is 0 Å². The van der Waals surface area contributed by atoms with Gasteiger partial charge < -0.3 is 0 Å². The third-order valence-corrected chi connectivity index (χ3v) is 2.38. The van der Waals surface area contributed by atoms with E-state index in [2.05, 4.69) is 50.3 Å². The first-order chi connectivity index (χ1) is 5.77. The molecule has 2 rings (SSSR count). The Labute approximate surface area is 91.9 Å². The maximum atomic E-state index is 2.28. The van der Waals surface area contributed by atoms with Gasteiger partial charge in [0.15, 0.2) is 0 Å². The van der Waals surface area contributed by atoms with E-state index in [-0.39, 0.29) is 18.9 Å². The zero-order valence-electron chi connectivity index (χ0n) is 8.54. The fourth-order valence-electron chi connectivity index (χ4n) is 1.73. The predicted molar refractivity (Wildman–Crippen MR) is 53.4 cm³/mol. The Balaban J connectivity index is 0.000000845. The van der Waals surface area contributed by atoms with Crippen molar-refractivity contribution in [3.05, 3.63) is 47.1 Å². The molecule has 0 nitrogen and oxygen atoms in total. The molecule has 1 unspecified atom stereocenters. The van der Waals surface area contributed by atoms with Gasteiger partial charge in [0.1, 0.15) is 0 Å². The summed E-state index contributed by atoms with van der Waals surface area (Å²) in [6.07, 6.45) is 8.66. The van der Waals surface area contributed by atoms with Crippen LogP contribution in [-0.2, 0) is 0 Å². The zero-order valence-corrected chi connectivity index (χ0v) is 8.54. The summed E-state index contributed by atoms with van der Waals surface area (Å²) in [5, 5.41) is 0. The molecule has 1 aromatic carbocycles. The summed E-state index contributed by atoms with van der Waals surface area (Å²) in [5.41, 5.74) is 4.20.